The SMILES string of the molecule is C#Cc1c(F)ncc(N)c1-c1cc(Cl)c(C(=O)Nc2cnc(-n3nccn3)c(Cl)c2)cc1F. The highest BCUT2D eigenvalue weighted by atomic mass is 35.5. The molecule has 33 heavy (non-hydrogen) atoms. The first-order valence-corrected chi connectivity index (χ1v) is 9.79. The molecule has 0 aliphatic heterocycles. The Balaban J connectivity index is 1.66. The Morgan fingerprint density at radius 1 is 1.09 bits per heavy atom. The lowest BCUT2D eigenvalue weighted by Crippen LogP contribution is -2.14. The number of halogens is 4. The van der Waals surface area contributed by atoms with E-state index < -0.39 is 17.7 Å². The maximum Gasteiger partial charge on any atom is 0.257 e. The second-order valence-corrected chi connectivity index (χ2v) is 7.33. The van der Waals surface area contributed by atoms with Crippen molar-refractivity contribution in [1.29, 1.82) is 0 Å². The predicted molar refractivity (Wildman–Crippen MR) is 119 cm³/mol. The molecule has 8 nitrogen and oxygen atoms in total. The number of amides is 1. The molecule has 164 valence electrons. The molecule has 0 bridgehead atoms. The number of carbonyl (C=O) groups excluding carboxylic acids is 1. The Bertz CT molecular complexity index is 1440. The average molecular weight is 486 g/mol. The predicted octanol–water partition coefficient (Wildman–Crippen LogP) is 4.13. The van der Waals surface area contributed by atoms with Gasteiger partial charge in [-0.2, -0.15) is 14.6 Å². The smallest absolute Gasteiger partial charge is 0.257 e. The van der Waals surface area contributed by atoms with Gasteiger partial charge in [0.15, 0.2) is 5.82 Å². The second-order valence-electron chi connectivity index (χ2n) is 6.51. The molecule has 0 saturated carbocycles. The molecule has 0 unspecified atom stereocenters. The van der Waals surface area contributed by atoms with Crippen molar-refractivity contribution in [1.82, 2.24) is 25.0 Å². The summed E-state index contributed by atoms with van der Waals surface area (Å²) in [6.07, 6.45) is 10.6. The fourth-order valence-electron chi connectivity index (χ4n) is 3.01. The van der Waals surface area contributed by atoms with Crippen LogP contribution in [0.25, 0.3) is 16.9 Å². The Kier molecular flexibility index (Phi) is 5.91. The molecule has 0 fully saturated rings. The zero-order chi connectivity index (χ0) is 23.7. The Morgan fingerprint density at radius 3 is 2.48 bits per heavy atom. The third kappa shape index (κ3) is 4.19. The monoisotopic (exact) mass is 485 g/mol. The molecule has 1 aromatic carbocycles. The summed E-state index contributed by atoms with van der Waals surface area (Å²) >= 11 is 12.4. The van der Waals surface area contributed by atoms with Gasteiger partial charge in [-0.15, -0.1) is 11.2 Å². The molecule has 12 heteroatoms. The quantitative estimate of drug-likeness (QED) is 0.332. The van der Waals surface area contributed by atoms with E-state index in [9.17, 15) is 13.6 Å². The van der Waals surface area contributed by atoms with Gasteiger partial charge in [-0.1, -0.05) is 29.1 Å². The minimum absolute atomic E-state index is 0.0519. The fraction of sp³-hybridized carbons (Fsp3) is 0. The summed E-state index contributed by atoms with van der Waals surface area (Å²) in [5.74, 6) is -0.267. The summed E-state index contributed by atoms with van der Waals surface area (Å²) < 4.78 is 29.0. The fourth-order valence-corrected chi connectivity index (χ4v) is 3.50. The Morgan fingerprint density at radius 2 is 1.82 bits per heavy atom. The van der Waals surface area contributed by atoms with Crippen molar-refractivity contribution < 1.29 is 13.6 Å². The molecule has 0 aliphatic carbocycles. The summed E-state index contributed by atoms with van der Waals surface area (Å²) in [4.78, 5) is 21.5. The molecule has 0 saturated heterocycles. The van der Waals surface area contributed by atoms with Crippen LogP contribution in [-0.4, -0.2) is 30.9 Å². The van der Waals surface area contributed by atoms with Crippen molar-refractivity contribution in [2.45, 2.75) is 0 Å². The van der Waals surface area contributed by atoms with Crippen molar-refractivity contribution in [3.63, 3.8) is 0 Å². The van der Waals surface area contributed by atoms with Gasteiger partial charge in [0, 0.05) is 11.1 Å². The van der Waals surface area contributed by atoms with Gasteiger partial charge in [0.05, 0.1) is 57.3 Å². The van der Waals surface area contributed by atoms with Gasteiger partial charge in [0.1, 0.15) is 5.82 Å². The molecule has 0 spiro atoms. The molecule has 4 rings (SSSR count). The van der Waals surface area contributed by atoms with Gasteiger partial charge in [-0.25, -0.2) is 14.4 Å². The highest BCUT2D eigenvalue weighted by Crippen LogP contribution is 2.35. The minimum Gasteiger partial charge on any atom is -0.397 e. The molecule has 3 aromatic heterocycles. The van der Waals surface area contributed by atoms with Crippen molar-refractivity contribution in [2.75, 3.05) is 11.1 Å². The number of rotatable bonds is 4. The van der Waals surface area contributed by atoms with Crippen molar-refractivity contribution >= 4 is 40.5 Å². The van der Waals surface area contributed by atoms with Crippen LogP contribution in [0.3, 0.4) is 0 Å². The van der Waals surface area contributed by atoms with Crippen molar-refractivity contribution in [3.8, 4) is 29.3 Å². The number of nitrogens with one attached hydrogen (secondary N) is 1. The number of hydrogen-bond acceptors (Lipinski definition) is 6. The normalized spacial score (nSPS) is 10.6. The lowest BCUT2D eigenvalue weighted by molar-refractivity contribution is 0.102. The number of benzene rings is 1. The van der Waals surface area contributed by atoms with Crippen LogP contribution in [0.4, 0.5) is 20.2 Å². The average Bonchev–Trinajstić information content (AvgIpc) is 3.31. The van der Waals surface area contributed by atoms with Crippen LogP contribution >= 0.6 is 23.2 Å². The summed E-state index contributed by atoms with van der Waals surface area (Å²) in [6.45, 7) is 0. The van der Waals surface area contributed by atoms with Crippen molar-refractivity contribution in [2.24, 2.45) is 0 Å². The van der Waals surface area contributed by atoms with E-state index >= 15 is 0 Å². The summed E-state index contributed by atoms with van der Waals surface area (Å²) in [5.41, 5.74) is 5.22. The number of aromatic nitrogens is 5. The third-order valence-corrected chi connectivity index (χ3v) is 5.06. The van der Waals surface area contributed by atoms with Crippen LogP contribution in [0.15, 0.2) is 43.0 Å². The van der Waals surface area contributed by atoms with Gasteiger partial charge in [0.25, 0.3) is 5.91 Å². The number of carbonyl (C=O) groups is 1. The highest BCUT2D eigenvalue weighted by Gasteiger charge is 2.21. The molecular formula is C21H11Cl2F2N7O. The van der Waals surface area contributed by atoms with E-state index in [2.05, 4.69) is 31.4 Å². The minimum atomic E-state index is -0.989. The zero-order valence-electron chi connectivity index (χ0n) is 16.4. The number of nitrogens with zero attached hydrogens (tertiary/aromatic N) is 5. The van der Waals surface area contributed by atoms with Gasteiger partial charge in [-0.3, -0.25) is 4.79 Å². The summed E-state index contributed by atoms with van der Waals surface area (Å²) in [5, 5.41) is 10.4. The van der Waals surface area contributed by atoms with E-state index in [1.807, 2.05) is 0 Å². The Hall–Kier alpha value is -4.07. The first-order valence-electron chi connectivity index (χ1n) is 9.03. The van der Waals surface area contributed by atoms with Crippen molar-refractivity contribution in [3.05, 3.63) is 75.9 Å². The van der Waals surface area contributed by atoms with Gasteiger partial charge in [0.2, 0.25) is 5.95 Å². The van der Waals surface area contributed by atoms with E-state index in [0.29, 0.717) is 0 Å². The van der Waals surface area contributed by atoms with E-state index in [1.54, 1.807) is 0 Å². The number of hydrogen-bond donors (Lipinski definition) is 2. The van der Waals surface area contributed by atoms with Crippen LogP contribution in [0.2, 0.25) is 10.0 Å². The van der Waals surface area contributed by atoms with E-state index in [0.717, 1.165) is 18.3 Å². The van der Waals surface area contributed by atoms with E-state index in [4.69, 9.17) is 35.4 Å². The molecular weight excluding hydrogens is 475 g/mol. The van der Waals surface area contributed by atoms with Crippen LogP contribution < -0.4 is 11.1 Å². The lowest BCUT2D eigenvalue weighted by Gasteiger charge is -2.13. The number of nitrogen functional groups attached to an aromatic ring is 1. The topological polar surface area (TPSA) is 112 Å². The highest BCUT2D eigenvalue weighted by molar-refractivity contribution is 6.35. The molecule has 0 aliphatic rings. The summed E-state index contributed by atoms with van der Waals surface area (Å²) in [7, 11) is 0. The maximum atomic E-state index is 15.0. The summed E-state index contributed by atoms with van der Waals surface area (Å²) in [6, 6.07) is 3.45. The molecule has 3 heterocycles. The standard InChI is InChI=1S/C21H11Cl2F2N7O/c1-2-11-18(17(26)9-27-19(11)25)13-6-14(22)12(7-16(13)24)21(33)31-10-5-15(23)20(28-8-10)32-29-3-4-30-32/h1,3-9H,26H2,(H,31,33). The van der Waals surface area contributed by atoms with Gasteiger partial charge in [-0.05, 0) is 18.2 Å². The molecule has 3 N–H and O–H groups in total. The number of nitrogens with two attached hydrogens (primary N) is 1. The van der Waals surface area contributed by atoms with Gasteiger partial charge >= 0.3 is 0 Å². The number of terminal acetylenes is 1. The van der Waals surface area contributed by atoms with E-state index in [-0.39, 0.29) is 49.5 Å². The van der Waals surface area contributed by atoms with Crippen LogP contribution in [0.5, 0.6) is 0 Å². The third-order valence-electron chi connectivity index (χ3n) is 4.46. The molecule has 4 aromatic rings. The molecule has 0 radical (unpaired) electrons. The number of pyridine rings is 2. The molecule has 0 atom stereocenters. The largest absolute Gasteiger partial charge is 0.397 e. The first-order chi connectivity index (χ1) is 15.8. The maximum absolute atomic E-state index is 15.0. The second kappa shape index (κ2) is 8.82. The lowest BCUT2D eigenvalue weighted by atomic mass is 9.98. The van der Waals surface area contributed by atoms with Gasteiger partial charge < -0.3 is 11.1 Å². The number of anilines is 2. The van der Waals surface area contributed by atoms with Crippen LogP contribution in [0.1, 0.15) is 15.9 Å². The Labute approximate surface area is 195 Å². The van der Waals surface area contributed by atoms with Crippen LogP contribution in [-0.2, 0) is 0 Å². The van der Waals surface area contributed by atoms with E-state index in [1.165, 1.54) is 29.5 Å². The zero-order valence-corrected chi connectivity index (χ0v) is 17.9. The first kappa shape index (κ1) is 22.1. The molecule has 1 amide bonds. The van der Waals surface area contributed by atoms with Crippen LogP contribution in [0, 0.1) is 24.1 Å².